The number of nitrogens with zero attached hydrogens (tertiary/aromatic N) is 2. The fraction of sp³-hybridized carbons (Fsp3) is 0.417. The quantitative estimate of drug-likeness (QED) is 0.911. The molecule has 0 radical (unpaired) electrons. The maximum atomic E-state index is 5.96. The van der Waals surface area contributed by atoms with Crippen molar-refractivity contribution in [2.24, 2.45) is 0 Å². The SMILES string of the molecule is CNCc1oc(Cn2cc(Cl)c(C)n2)cc1C. The molecule has 4 nitrogen and oxygen atoms in total. The minimum absolute atomic E-state index is 0.609. The van der Waals surface area contributed by atoms with Gasteiger partial charge in [-0.2, -0.15) is 5.10 Å². The Morgan fingerprint density at radius 2 is 2.24 bits per heavy atom. The summed E-state index contributed by atoms with van der Waals surface area (Å²) in [4.78, 5) is 0. The van der Waals surface area contributed by atoms with Crippen LogP contribution in [0, 0.1) is 13.8 Å². The van der Waals surface area contributed by atoms with E-state index in [-0.39, 0.29) is 0 Å². The zero-order valence-corrected chi connectivity index (χ0v) is 11.0. The first-order chi connectivity index (χ1) is 8.10. The monoisotopic (exact) mass is 253 g/mol. The standard InChI is InChI=1S/C12H16ClN3O/c1-8-4-10(17-12(8)5-14-3)6-16-7-11(13)9(2)15-16/h4,7,14H,5-6H2,1-3H3. The minimum atomic E-state index is 0.609. The summed E-state index contributed by atoms with van der Waals surface area (Å²) >= 11 is 5.96. The normalized spacial score (nSPS) is 11.1. The largest absolute Gasteiger partial charge is 0.462 e. The summed E-state index contributed by atoms with van der Waals surface area (Å²) < 4.78 is 7.53. The molecule has 17 heavy (non-hydrogen) atoms. The van der Waals surface area contributed by atoms with Crippen molar-refractivity contribution < 1.29 is 4.42 Å². The van der Waals surface area contributed by atoms with Crippen molar-refractivity contribution in [3.8, 4) is 0 Å². The predicted octanol–water partition coefficient (Wildman–Crippen LogP) is 2.51. The van der Waals surface area contributed by atoms with Gasteiger partial charge in [-0.05, 0) is 32.5 Å². The van der Waals surface area contributed by atoms with E-state index in [0.29, 0.717) is 11.6 Å². The van der Waals surface area contributed by atoms with Gasteiger partial charge in [-0.25, -0.2) is 0 Å². The van der Waals surface area contributed by atoms with Gasteiger partial charge in [0, 0.05) is 6.20 Å². The molecule has 2 heterocycles. The summed E-state index contributed by atoms with van der Waals surface area (Å²) in [6.07, 6.45) is 1.81. The Bertz CT molecular complexity index is 496. The summed E-state index contributed by atoms with van der Waals surface area (Å²) in [6, 6.07) is 2.04. The Balaban J connectivity index is 2.15. The van der Waals surface area contributed by atoms with Crippen molar-refractivity contribution in [2.45, 2.75) is 26.9 Å². The molecule has 0 spiro atoms. The lowest BCUT2D eigenvalue weighted by atomic mass is 10.2. The Morgan fingerprint density at radius 3 is 2.82 bits per heavy atom. The Kier molecular flexibility index (Phi) is 3.54. The Hall–Kier alpha value is -1.26. The van der Waals surface area contributed by atoms with Crippen molar-refractivity contribution in [3.63, 3.8) is 0 Å². The summed E-state index contributed by atoms with van der Waals surface area (Å²) in [7, 11) is 1.90. The molecule has 0 aliphatic rings. The van der Waals surface area contributed by atoms with E-state index in [1.165, 1.54) is 0 Å². The van der Waals surface area contributed by atoms with E-state index in [9.17, 15) is 0 Å². The number of rotatable bonds is 4. The highest BCUT2D eigenvalue weighted by atomic mass is 35.5. The minimum Gasteiger partial charge on any atom is -0.462 e. The summed E-state index contributed by atoms with van der Waals surface area (Å²) in [5.41, 5.74) is 2.00. The van der Waals surface area contributed by atoms with Gasteiger partial charge < -0.3 is 9.73 Å². The highest BCUT2D eigenvalue weighted by Gasteiger charge is 2.09. The van der Waals surface area contributed by atoms with E-state index in [4.69, 9.17) is 16.0 Å². The zero-order chi connectivity index (χ0) is 12.4. The number of hydrogen-bond donors (Lipinski definition) is 1. The first-order valence-electron chi connectivity index (χ1n) is 5.52. The van der Waals surface area contributed by atoms with Crippen LogP contribution < -0.4 is 5.32 Å². The molecule has 0 fully saturated rings. The number of nitrogens with one attached hydrogen (secondary N) is 1. The summed E-state index contributed by atoms with van der Waals surface area (Å²) in [5, 5.41) is 8.06. The van der Waals surface area contributed by atoms with Crippen LogP contribution in [0.5, 0.6) is 0 Å². The highest BCUT2D eigenvalue weighted by molar-refractivity contribution is 6.31. The van der Waals surface area contributed by atoms with Crippen molar-refractivity contribution in [1.82, 2.24) is 15.1 Å². The molecule has 5 heteroatoms. The average Bonchev–Trinajstić information content (AvgIpc) is 2.73. The third kappa shape index (κ3) is 2.70. The van der Waals surface area contributed by atoms with Gasteiger partial charge in [0.05, 0.1) is 23.8 Å². The molecule has 0 aromatic carbocycles. The molecule has 0 saturated heterocycles. The van der Waals surface area contributed by atoms with Crippen LogP contribution in [0.1, 0.15) is 22.8 Å². The molecule has 0 bridgehead atoms. The van der Waals surface area contributed by atoms with Crippen molar-refractivity contribution >= 4 is 11.6 Å². The molecule has 0 saturated carbocycles. The van der Waals surface area contributed by atoms with Crippen LogP contribution in [-0.4, -0.2) is 16.8 Å². The van der Waals surface area contributed by atoms with Crippen LogP contribution in [0.25, 0.3) is 0 Å². The van der Waals surface area contributed by atoms with E-state index < -0.39 is 0 Å². The van der Waals surface area contributed by atoms with Crippen LogP contribution in [0.2, 0.25) is 5.02 Å². The topological polar surface area (TPSA) is 43.0 Å². The van der Waals surface area contributed by atoms with E-state index in [0.717, 1.165) is 29.3 Å². The molecular weight excluding hydrogens is 238 g/mol. The number of aryl methyl sites for hydroxylation is 2. The van der Waals surface area contributed by atoms with Gasteiger partial charge in [0.15, 0.2) is 0 Å². The molecule has 2 aromatic heterocycles. The van der Waals surface area contributed by atoms with Crippen molar-refractivity contribution in [2.75, 3.05) is 7.05 Å². The van der Waals surface area contributed by atoms with E-state index >= 15 is 0 Å². The maximum Gasteiger partial charge on any atom is 0.126 e. The fourth-order valence-electron chi connectivity index (χ4n) is 1.74. The second-order valence-electron chi connectivity index (χ2n) is 4.11. The van der Waals surface area contributed by atoms with Crippen LogP contribution in [0.4, 0.5) is 0 Å². The zero-order valence-electron chi connectivity index (χ0n) is 10.2. The molecule has 2 aromatic rings. The first kappa shape index (κ1) is 12.2. The first-order valence-corrected chi connectivity index (χ1v) is 5.90. The number of halogens is 1. The van der Waals surface area contributed by atoms with Gasteiger partial charge >= 0.3 is 0 Å². The molecule has 2 rings (SSSR count). The Labute approximate surface area is 106 Å². The molecule has 0 unspecified atom stereocenters. The smallest absolute Gasteiger partial charge is 0.126 e. The predicted molar refractivity (Wildman–Crippen MR) is 67.3 cm³/mol. The van der Waals surface area contributed by atoms with Gasteiger partial charge in [0.1, 0.15) is 11.5 Å². The van der Waals surface area contributed by atoms with Gasteiger partial charge in [-0.15, -0.1) is 0 Å². The highest BCUT2D eigenvalue weighted by Crippen LogP contribution is 2.17. The van der Waals surface area contributed by atoms with Crippen LogP contribution in [-0.2, 0) is 13.1 Å². The maximum absolute atomic E-state index is 5.96. The summed E-state index contributed by atoms with van der Waals surface area (Å²) in [6.45, 7) is 5.28. The second kappa shape index (κ2) is 4.94. The molecule has 92 valence electrons. The number of furan rings is 1. The van der Waals surface area contributed by atoms with Crippen LogP contribution in [0.15, 0.2) is 16.7 Å². The van der Waals surface area contributed by atoms with Gasteiger partial charge in [-0.3, -0.25) is 4.68 Å². The molecule has 0 aliphatic heterocycles. The van der Waals surface area contributed by atoms with Gasteiger partial charge in [0.25, 0.3) is 0 Å². The fourth-order valence-corrected chi connectivity index (χ4v) is 1.89. The molecule has 0 atom stereocenters. The van der Waals surface area contributed by atoms with Crippen molar-refractivity contribution in [3.05, 3.63) is 40.1 Å². The van der Waals surface area contributed by atoms with E-state index in [1.54, 1.807) is 4.68 Å². The summed E-state index contributed by atoms with van der Waals surface area (Å²) in [5.74, 6) is 1.87. The second-order valence-corrected chi connectivity index (χ2v) is 4.52. The lowest BCUT2D eigenvalue weighted by Crippen LogP contribution is -2.04. The van der Waals surface area contributed by atoms with Gasteiger partial charge in [0.2, 0.25) is 0 Å². The van der Waals surface area contributed by atoms with Crippen molar-refractivity contribution in [1.29, 1.82) is 0 Å². The lowest BCUT2D eigenvalue weighted by molar-refractivity contribution is 0.434. The van der Waals surface area contributed by atoms with Gasteiger partial charge in [-0.1, -0.05) is 11.6 Å². The Morgan fingerprint density at radius 1 is 1.47 bits per heavy atom. The molecule has 0 amide bonds. The number of aromatic nitrogens is 2. The van der Waals surface area contributed by atoms with E-state index in [1.807, 2.05) is 33.2 Å². The molecule has 0 aliphatic carbocycles. The third-order valence-electron chi connectivity index (χ3n) is 2.61. The van der Waals surface area contributed by atoms with Crippen LogP contribution in [0.3, 0.4) is 0 Å². The average molecular weight is 254 g/mol. The van der Waals surface area contributed by atoms with E-state index in [2.05, 4.69) is 10.4 Å². The molecular formula is C12H16ClN3O. The lowest BCUT2D eigenvalue weighted by Gasteiger charge is -1.98. The third-order valence-corrected chi connectivity index (χ3v) is 2.98. The molecule has 1 N–H and O–H groups in total. The van der Waals surface area contributed by atoms with Crippen LogP contribution >= 0.6 is 11.6 Å². The number of hydrogen-bond acceptors (Lipinski definition) is 3.